The van der Waals surface area contributed by atoms with Gasteiger partial charge in [0.05, 0.1) is 26.1 Å². The normalized spacial score (nSPS) is 9.49. The van der Waals surface area contributed by atoms with E-state index in [0.717, 1.165) is 39.3 Å². The number of ether oxygens (including phenoxy) is 1. The Morgan fingerprint density at radius 3 is 1.89 bits per heavy atom. The number of hydrogen-bond acceptors (Lipinski definition) is 16. The van der Waals surface area contributed by atoms with Crippen LogP contribution in [0.5, 0.6) is 0 Å². The Morgan fingerprint density at radius 1 is 1.00 bits per heavy atom. The van der Waals surface area contributed by atoms with Crippen molar-refractivity contribution in [3.63, 3.8) is 0 Å². The van der Waals surface area contributed by atoms with E-state index in [0.29, 0.717) is 23.5 Å². The van der Waals surface area contributed by atoms with E-state index in [4.69, 9.17) is 28.1 Å². The molecule has 2 rings (SSSR count). The lowest BCUT2D eigenvalue weighted by molar-refractivity contribution is -0.110. The van der Waals surface area contributed by atoms with E-state index in [2.05, 4.69) is 81.0 Å². The lowest BCUT2D eigenvalue weighted by Crippen LogP contribution is -2.43. The molecule has 8 nitrogen and oxygen atoms in total. The molecule has 0 aliphatic rings. The van der Waals surface area contributed by atoms with Gasteiger partial charge in [-0.2, -0.15) is 12.6 Å². The summed E-state index contributed by atoms with van der Waals surface area (Å²) in [6, 6.07) is 8.27. The lowest BCUT2D eigenvalue weighted by Gasteiger charge is -2.06. The van der Waals surface area contributed by atoms with Crippen LogP contribution in [0.1, 0.15) is 55.9 Å². The molecule has 0 saturated heterocycles. The van der Waals surface area contributed by atoms with E-state index in [1.807, 2.05) is 60.3 Å². The van der Waals surface area contributed by atoms with E-state index in [1.165, 1.54) is 32.3 Å². The standard InChI is InChI=1S/C9H9NS2.C5H11NS2.C4H8O4S3.C4H10S2.C3H8N2S.C2H6S.CH4/c1-2-11-9-10-7-5-3-4-6-8(7)12-9;1-3-8-5(7)4-6-2;1-2-8-4(9)10-3-11(5,6)7;1-3-5-6-4-2;1-2-6-3(4)5;1-2-3;/h3-6H,2H2,1H3;6H,3-4H2,1-2H3;2-3H2,1H3,(H,5,6,7);3-4H2,1-2H3;2H2,1H3,(H3,4,5);3H,2H2,1H3;1H4. The summed E-state index contributed by atoms with van der Waals surface area (Å²) in [4.78, 5) is 4.48. The zero-order chi connectivity index (χ0) is 36.2. The monoisotopic (exact) mass is 864 g/mol. The van der Waals surface area contributed by atoms with Crippen LogP contribution in [-0.2, 0) is 14.9 Å². The quantitative estimate of drug-likeness (QED) is 0.0239. The van der Waals surface area contributed by atoms with Crippen LogP contribution in [0, 0.1) is 0 Å². The molecule has 0 spiro atoms. The van der Waals surface area contributed by atoms with Crippen LogP contribution in [0.15, 0.2) is 28.6 Å². The van der Waals surface area contributed by atoms with Gasteiger partial charge in [0.25, 0.3) is 5.17 Å². The maximum atomic E-state index is 10.0. The molecular formula is C28H56N4O4S11. The minimum absolute atomic E-state index is 0. The molecule has 1 aromatic carbocycles. The van der Waals surface area contributed by atoms with Gasteiger partial charge >= 0.3 is 0 Å². The molecular weight excluding hydrogens is 809 g/mol. The Bertz CT molecular complexity index is 1060. The predicted molar refractivity (Wildman–Crippen MR) is 239 cm³/mol. The van der Waals surface area contributed by atoms with Crippen LogP contribution in [0.3, 0.4) is 0 Å². The SMILES string of the molecule is C.CCOC(=S)SCS(=O)(=O)[O-].CCS.CCSC(=S)CNC.CCSC(N)=[NH2+].CCSSCC.CCSc1nc2ccccc2s1. The number of thiocarbonyl (C=S) groups is 2. The minimum atomic E-state index is -4.19. The van der Waals surface area contributed by atoms with E-state index < -0.39 is 15.2 Å². The molecule has 0 aliphatic heterocycles. The van der Waals surface area contributed by atoms with Gasteiger partial charge in [-0.1, -0.05) is 118 Å². The second-order valence-electron chi connectivity index (χ2n) is 7.18. The molecule has 1 heterocycles. The van der Waals surface area contributed by atoms with Crippen molar-refractivity contribution >= 4 is 151 Å². The van der Waals surface area contributed by atoms with Crippen LogP contribution in [0.2, 0.25) is 0 Å². The number of para-hydroxylation sites is 1. The first kappa shape index (κ1) is 57.2. The third-order valence-corrected chi connectivity index (χ3v) is 12.3. The highest BCUT2D eigenvalue weighted by Gasteiger charge is 2.01. The van der Waals surface area contributed by atoms with Gasteiger partial charge in [-0.3, -0.25) is 11.1 Å². The largest absolute Gasteiger partial charge is 0.747 e. The smallest absolute Gasteiger partial charge is 0.299 e. The van der Waals surface area contributed by atoms with Crippen molar-refractivity contribution in [2.24, 2.45) is 5.73 Å². The van der Waals surface area contributed by atoms with Gasteiger partial charge in [-0.15, -0.1) is 23.1 Å². The molecule has 0 radical (unpaired) electrons. The van der Waals surface area contributed by atoms with E-state index in [1.54, 1.807) is 30.0 Å². The highest BCUT2D eigenvalue weighted by molar-refractivity contribution is 8.76. The molecule has 0 atom stereocenters. The van der Waals surface area contributed by atoms with Crippen molar-refractivity contribution in [2.75, 3.05) is 59.8 Å². The van der Waals surface area contributed by atoms with Crippen LogP contribution < -0.4 is 16.5 Å². The van der Waals surface area contributed by atoms with Crippen LogP contribution >= 0.6 is 117 Å². The number of amidine groups is 1. The first-order chi connectivity index (χ1) is 21.8. The van der Waals surface area contributed by atoms with Crippen molar-refractivity contribution < 1.29 is 23.1 Å². The highest BCUT2D eigenvalue weighted by atomic mass is 33.1. The number of aromatic nitrogens is 1. The van der Waals surface area contributed by atoms with Crippen molar-refractivity contribution in [1.29, 1.82) is 0 Å². The summed E-state index contributed by atoms with van der Waals surface area (Å²) in [5.74, 6) is 6.56. The Balaban J connectivity index is -0.000000157. The highest BCUT2D eigenvalue weighted by Crippen LogP contribution is 2.28. The summed E-state index contributed by atoms with van der Waals surface area (Å²) in [5, 5.41) is 7.94. The average molecular weight is 866 g/mol. The second-order valence-corrected chi connectivity index (χ2v) is 20.2. The molecule has 0 saturated carbocycles. The third-order valence-electron chi connectivity index (χ3n) is 3.38. The number of nitrogens with one attached hydrogen (secondary N) is 1. The molecule has 0 fully saturated rings. The first-order valence-corrected chi connectivity index (χ1v) is 24.4. The van der Waals surface area contributed by atoms with Gasteiger partial charge in [0, 0.05) is 23.8 Å². The number of fused-ring (bicyclic) bond motifs is 1. The summed E-state index contributed by atoms with van der Waals surface area (Å²) in [6.45, 7) is 15.6. The molecule has 2 aromatic rings. The van der Waals surface area contributed by atoms with Gasteiger partial charge in [-0.05, 0) is 67.3 Å². The van der Waals surface area contributed by atoms with Gasteiger partial charge in [-0.25, -0.2) is 13.4 Å². The maximum absolute atomic E-state index is 10.0. The van der Waals surface area contributed by atoms with Crippen molar-refractivity contribution in [3.8, 4) is 0 Å². The number of nitrogens with zero attached hydrogens (tertiary/aromatic N) is 1. The molecule has 1 aromatic heterocycles. The van der Waals surface area contributed by atoms with Crippen LogP contribution in [0.4, 0.5) is 0 Å². The zero-order valence-electron chi connectivity index (χ0n) is 27.9. The van der Waals surface area contributed by atoms with E-state index in [-0.39, 0.29) is 11.8 Å². The number of nitrogens with two attached hydrogens (primary N) is 2. The van der Waals surface area contributed by atoms with Gasteiger partial charge < -0.3 is 14.6 Å². The molecule has 0 bridgehead atoms. The Kier molecular flexibility index (Phi) is 52.4. The number of thiazole rings is 1. The van der Waals surface area contributed by atoms with Crippen molar-refractivity contribution in [2.45, 2.75) is 60.2 Å². The fraction of sp³-hybridized carbons (Fsp3) is 0.643. The summed E-state index contributed by atoms with van der Waals surface area (Å²) in [7, 11) is 1.56. The van der Waals surface area contributed by atoms with E-state index in [9.17, 15) is 13.0 Å². The molecule has 278 valence electrons. The van der Waals surface area contributed by atoms with E-state index >= 15 is 0 Å². The number of benzene rings is 1. The molecule has 47 heavy (non-hydrogen) atoms. The van der Waals surface area contributed by atoms with Gasteiger partial charge in [0.2, 0.25) is 4.38 Å². The van der Waals surface area contributed by atoms with Crippen LogP contribution in [-0.4, -0.2) is 91.5 Å². The van der Waals surface area contributed by atoms with Crippen molar-refractivity contribution in [1.82, 2.24) is 10.3 Å². The number of thioether (sulfide) groups is 4. The minimum Gasteiger partial charge on any atom is -0.747 e. The average Bonchev–Trinajstić information content (AvgIpc) is 3.40. The van der Waals surface area contributed by atoms with Gasteiger partial charge in [0.15, 0.2) is 4.34 Å². The molecule has 5 N–H and O–H groups in total. The Labute approximate surface area is 331 Å². The second kappa shape index (κ2) is 43.0. The summed E-state index contributed by atoms with van der Waals surface area (Å²) >= 11 is 20.8. The van der Waals surface area contributed by atoms with Gasteiger partial charge in [0.1, 0.15) is 10.1 Å². The molecule has 0 aliphatic carbocycles. The molecule has 0 unspecified atom stereocenters. The molecule has 19 heteroatoms. The summed E-state index contributed by atoms with van der Waals surface area (Å²) in [6.07, 6.45) is 0. The Morgan fingerprint density at radius 2 is 1.53 bits per heavy atom. The lowest BCUT2D eigenvalue weighted by atomic mass is 10.3. The van der Waals surface area contributed by atoms with Crippen LogP contribution in [0.25, 0.3) is 10.2 Å². The Hall–Kier alpha value is 0.880. The summed E-state index contributed by atoms with van der Waals surface area (Å²) < 4.78 is 38.5. The zero-order valence-corrected chi connectivity index (χ0v) is 37.0. The number of hydrogen-bond donors (Lipinski definition) is 4. The maximum Gasteiger partial charge on any atom is 0.299 e. The molecule has 0 amide bonds. The number of thiol groups is 1. The first-order valence-electron chi connectivity index (χ1n) is 14.1. The fourth-order valence-corrected chi connectivity index (χ4v) is 8.42. The van der Waals surface area contributed by atoms with Crippen molar-refractivity contribution in [3.05, 3.63) is 24.3 Å². The summed E-state index contributed by atoms with van der Waals surface area (Å²) in [5.41, 5.74) is 6.18. The topological polar surface area (TPSA) is 143 Å². The predicted octanol–water partition coefficient (Wildman–Crippen LogP) is 8.03. The fourth-order valence-electron chi connectivity index (χ4n) is 2.01. The third kappa shape index (κ3) is 49.0. The number of rotatable bonds is 12.